The number of hydrogen-bond acceptors (Lipinski definition) is 4. The number of esters is 1. The first-order valence-corrected chi connectivity index (χ1v) is 7.43. The fourth-order valence-corrected chi connectivity index (χ4v) is 2.18. The molecule has 0 aromatic heterocycles. The molecule has 0 saturated heterocycles. The summed E-state index contributed by atoms with van der Waals surface area (Å²) in [5.74, 6) is -6.35. The minimum atomic E-state index is -1.42. The number of ether oxygens (including phenoxy) is 2. The molecular formula is C15H14BrF3O4. The van der Waals surface area contributed by atoms with Crippen LogP contribution in [0.4, 0.5) is 13.2 Å². The second kappa shape index (κ2) is 8.14. The van der Waals surface area contributed by atoms with Crippen LogP contribution >= 0.6 is 15.9 Å². The lowest BCUT2D eigenvalue weighted by atomic mass is 10.0. The average molecular weight is 395 g/mol. The number of benzene rings is 1. The van der Waals surface area contributed by atoms with Crippen molar-refractivity contribution in [3.05, 3.63) is 44.9 Å². The Labute approximate surface area is 139 Å². The molecule has 1 rings (SSSR count). The van der Waals surface area contributed by atoms with Gasteiger partial charge < -0.3 is 9.47 Å². The van der Waals surface area contributed by atoms with Crippen molar-refractivity contribution in [2.75, 3.05) is 13.2 Å². The number of rotatable bonds is 6. The van der Waals surface area contributed by atoms with E-state index in [1.165, 1.54) is 6.92 Å². The first-order chi connectivity index (χ1) is 10.8. The molecule has 0 aliphatic rings. The van der Waals surface area contributed by atoms with E-state index in [0.717, 1.165) is 13.2 Å². The molecule has 8 heteroatoms. The SMILES string of the molecule is CCO/C=C(\C(=O)OCC)C(=O)c1c(F)c(C)c(F)c(F)c1Br. The second-order valence-corrected chi connectivity index (χ2v) is 5.09. The first-order valence-electron chi connectivity index (χ1n) is 6.63. The molecule has 0 fully saturated rings. The fraction of sp³-hybridized carbons (Fsp3) is 0.333. The minimum absolute atomic E-state index is 0.0317. The third-order valence-corrected chi connectivity index (χ3v) is 3.56. The Morgan fingerprint density at radius 1 is 1.09 bits per heavy atom. The van der Waals surface area contributed by atoms with Gasteiger partial charge in [-0.05, 0) is 36.7 Å². The number of ketones is 1. The van der Waals surface area contributed by atoms with Crippen molar-refractivity contribution in [1.82, 2.24) is 0 Å². The summed E-state index contributed by atoms with van der Waals surface area (Å²) < 4.78 is 50.3. The van der Waals surface area contributed by atoms with Crippen LogP contribution in [0, 0.1) is 24.4 Å². The third-order valence-electron chi connectivity index (χ3n) is 2.82. The van der Waals surface area contributed by atoms with E-state index in [4.69, 9.17) is 9.47 Å². The second-order valence-electron chi connectivity index (χ2n) is 4.29. The van der Waals surface area contributed by atoms with Gasteiger partial charge in [-0.3, -0.25) is 4.79 Å². The van der Waals surface area contributed by atoms with E-state index in [-0.39, 0.29) is 13.2 Å². The van der Waals surface area contributed by atoms with Gasteiger partial charge in [0.1, 0.15) is 17.7 Å². The molecule has 1 aromatic carbocycles. The summed E-state index contributed by atoms with van der Waals surface area (Å²) in [6.07, 6.45) is 0.808. The lowest BCUT2D eigenvalue weighted by Gasteiger charge is -2.12. The molecular weight excluding hydrogens is 381 g/mol. The quantitative estimate of drug-likeness (QED) is 0.107. The Morgan fingerprint density at radius 3 is 2.22 bits per heavy atom. The van der Waals surface area contributed by atoms with Gasteiger partial charge in [-0.1, -0.05) is 0 Å². The van der Waals surface area contributed by atoms with Gasteiger partial charge in [-0.25, -0.2) is 18.0 Å². The lowest BCUT2D eigenvalue weighted by molar-refractivity contribution is -0.138. The molecule has 0 atom stereocenters. The van der Waals surface area contributed by atoms with Gasteiger partial charge in [0.15, 0.2) is 11.6 Å². The predicted molar refractivity (Wildman–Crippen MR) is 79.4 cm³/mol. The molecule has 0 unspecified atom stereocenters. The van der Waals surface area contributed by atoms with E-state index < -0.39 is 50.4 Å². The van der Waals surface area contributed by atoms with Crippen LogP contribution in [-0.2, 0) is 14.3 Å². The molecule has 0 heterocycles. The van der Waals surface area contributed by atoms with Crippen LogP contribution < -0.4 is 0 Å². The number of halogens is 4. The molecule has 0 aliphatic heterocycles. The highest BCUT2D eigenvalue weighted by Gasteiger charge is 2.31. The van der Waals surface area contributed by atoms with E-state index >= 15 is 0 Å². The Balaban J connectivity index is 3.49. The van der Waals surface area contributed by atoms with Crippen LogP contribution in [0.25, 0.3) is 0 Å². The molecule has 0 aliphatic carbocycles. The van der Waals surface area contributed by atoms with Crippen LogP contribution in [0.15, 0.2) is 16.3 Å². The minimum Gasteiger partial charge on any atom is -0.500 e. The van der Waals surface area contributed by atoms with Crippen molar-refractivity contribution in [2.24, 2.45) is 0 Å². The maximum atomic E-state index is 14.2. The zero-order valence-corrected chi connectivity index (χ0v) is 14.2. The molecule has 0 spiro atoms. The summed E-state index contributed by atoms with van der Waals surface area (Å²) in [6, 6.07) is 0. The van der Waals surface area contributed by atoms with Crippen molar-refractivity contribution in [3.63, 3.8) is 0 Å². The van der Waals surface area contributed by atoms with Crippen molar-refractivity contribution in [3.8, 4) is 0 Å². The smallest absolute Gasteiger partial charge is 0.345 e. The summed E-state index contributed by atoms with van der Waals surface area (Å²) in [4.78, 5) is 24.2. The van der Waals surface area contributed by atoms with E-state index in [2.05, 4.69) is 15.9 Å². The number of hydrogen-bond donors (Lipinski definition) is 0. The van der Waals surface area contributed by atoms with Gasteiger partial charge in [-0.2, -0.15) is 0 Å². The summed E-state index contributed by atoms with van der Waals surface area (Å²) >= 11 is 2.65. The van der Waals surface area contributed by atoms with Gasteiger partial charge in [0.05, 0.1) is 23.2 Å². The maximum absolute atomic E-state index is 14.2. The van der Waals surface area contributed by atoms with Crippen LogP contribution in [0.3, 0.4) is 0 Å². The highest BCUT2D eigenvalue weighted by molar-refractivity contribution is 9.10. The summed E-state index contributed by atoms with van der Waals surface area (Å²) in [5.41, 5.74) is -2.10. The van der Waals surface area contributed by atoms with E-state index in [1.807, 2.05) is 0 Å². The van der Waals surface area contributed by atoms with Crippen molar-refractivity contribution >= 4 is 27.7 Å². The largest absolute Gasteiger partial charge is 0.500 e. The average Bonchev–Trinajstić information content (AvgIpc) is 2.52. The molecule has 4 nitrogen and oxygen atoms in total. The van der Waals surface area contributed by atoms with Gasteiger partial charge in [-0.15, -0.1) is 0 Å². The number of carbonyl (C=O) groups excluding carboxylic acids is 2. The highest BCUT2D eigenvalue weighted by Crippen LogP contribution is 2.31. The molecule has 0 bridgehead atoms. The van der Waals surface area contributed by atoms with Crippen LogP contribution in [0.2, 0.25) is 0 Å². The molecule has 0 saturated carbocycles. The summed E-state index contributed by atoms with van der Waals surface area (Å²) in [7, 11) is 0. The highest BCUT2D eigenvalue weighted by atomic mass is 79.9. The van der Waals surface area contributed by atoms with E-state index in [0.29, 0.717) is 0 Å². The van der Waals surface area contributed by atoms with Crippen molar-refractivity contribution in [2.45, 2.75) is 20.8 Å². The Hall–Kier alpha value is -1.83. The van der Waals surface area contributed by atoms with Gasteiger partial charge >= 0.3 is 5.97 Å². The molecule has 1 aromatic rings. The Bertz CT molecular complexity index is 642. The monoisotopic (exact) mass is 394 g/mol. The number of carbonyl (C=O) groups is 2. The lowest BCUT2D eigenvalue weighted by Crippen LogP contribution is -2.19. The first kappa shape index (κ1) is 19.2. The van der Waals surface area contributed by atoms with Crippen molar-refractivity contribution < 1.29 is 32.2 Å². The van der Waals surface area contributed by atoms with Crippen LogP contribution in [-0.4, -0.2) is 25.0 Å². The van der Waals surface area contributed by atoms with Crippen molar-refractivity contribution in [1.29, 1.82) is 0 Å². The topological polar surface area (TPSA) is 52.6 Å². The number of Topliss-reactive ketones (excluding diaryl/α,β-unsaturated/α-hetero) is 1. The summed E-state index contributed by atoms with van der Waals surface area (Å²) in [5, 5.41) is 0. The Morgan fingerprint density at radius 2 is 1.70 bits per heavy atom. The zero-order chi connectivity index (χ0) is 17.7. The molecule has 0 amide bonds. The normalized spacial score (nSPS) is 11.3. The molecule has 23 heavy (non-hydrogen) atoms. The maximum Gasteiger partial charge on any atom is 0.345 e. The standard InChI is InChI=1S/C15H14BrF3O4/c1-4-22-6-8(15(21)23-5-2)14(20)9-10(16)13(19)12(18)7(3)11(9)17/h6H,4-5H2,1-3H3/b8-6-. The van der Waals surface area contributed by atoms with Gasteiger partial charge in [0.2, 0.25) is 5.78 Å². The van der Waals surface area contributed by atoms with Crippen LogP contribution in [0.5, 0.6) is 0 Å². The summed E-state index contributed by atoms with van der Waals surface area (Å²) in [6.45, 7) is 4.20. The third kappa shape index (κ3) is 3.93. The predicted octanol–water partition coefficient (Wildman–Crippen LogP) is 3.84. The van der Waals surface area contributed by atoms with Gasteiger partial charge in [0.25, 0.3) is 0 Å². The molecule has 0 radical (unpaired) electrons. The zero-order valence-electron chi connectivity index (χ0n) is 12.6. The van der Waals surface area contributed by atoms with Crippen LogP contribution in [0.1, 0.15) is 29.8 Å². The van der Waals surface area contributed by atoms with Gasteiger partial charge in [0, 0.05) is 5.56 Å². The fourth-order valence-electron chi connectivity index (χ4n) is 1.65. The molecule has 126 valence electrons. The molecule has 0 N–H and O–H groups in total. The van der Waals surface area contributed by atoms with E-state index in [9.17, 15) is 22.8 Å². The van der Waals surface area contributed by atoms with E-state index in [1.54, 1.807) is 6.92 Å². The Kier molecular flexibility index (Phi) is 6.80.